The molecular weight excluding hydrogens is 716 g/mol. The van der Waals surface area contributed by atoms with Crippen molar-refractivity contribution in [3.05, 3.63) is 89.5 Å². The molecule has 0 unspecified atom stereocenters. The van der Waals surface area contributed by atoms with Gasteiger partial charge in [0.25, 0.3) is 5.91 Å². The Morgan fingerprint density at radius 2 is 1.27 bits per heavy atom. The van der Waals surface area contributed by atoms with E-state index in [4.69, 9.17) is 21.9 Å². The number of ether oxygens (including phenoxy) is 1. The first-order chi connectivity index (χ1) is 26.2. The number of carboxylic acid groups (broad SMARTS) is 1. The number of aromatic hydroxyl groups is 2. The Kier molecular flexibility index (Phi) is 16.3. The summed E-state index contributed by atoms with van der Waals surface area (Å²) in [5.41, 5.74) is 17.7. The molecule has 0 aromatic heterocycles. The van der Waals surface area contributed by atoms with Gasteiger partial charge in [0.2, 0.25) is 23.6 Å². The molecule has 18 heteroatoms. The van der Waals surface area contributed by atoms with Gasteiger partial charge in [-0.25, -0.2) is 0 Å². The van der Waals surface area contributed by atoms with Gasteiger partial charge in [0.1, 0.15) is 29.9 Å². The van der Waals surface area contributed by atoms with E-state index in [2.05, 4.69) is 26.3 Å². The van der Waals surface area contributed by atoms with E-state index >= 15 is 0 Å². The Bertz CT molecular complexity index is 1840. The predicted molar refractivity (Wildman–Crippen MR) is 200 cm³/mol. The molecule has 3 aromatic rings. The van der Waals surface area contributed by atoms with Crippen LogP contribution < -0.4 is 43.2 Å². The standard InChI is InChI=1S/C37H46N8O10/c1-55-30-20-23(11-15-29(30)47)33(51)45-28(19-22-9-12-24(46)13-10-22)36(54)43-26(14-16-31(48)49)35(53)42-25(8-5-17-41-37(39)40)34(52)44-27(32(38)50)18-21-6-3-2-4-7-21/h2-4,6-7,9-13,15,20,25-28,46-47H,5,8,14,16-19H2,1H3,(H2,38,50)(H,42,53)(H,43,54)(H,44,52)(H,45,51)(H,48,49)(H4,39,40,41)/t25-,26-,27-,28-/m0/s1. The van der Waals surface area contributed by atoms with Gasteiger partial charge in [0.15, 0.2) is 17.5 Å². The van der Waals surface area contributed by atoms with E-state index in [0.717, 1.165) is 0 Å². The van der Waals surface area contributed by atoms with Gasteiger partial charge in [0.05, 0.1) is 7.11 Å². The SMILES string of the molecule is COc1cc(C(=O)N[C@@H](Cc2ccc(O)cc2)C(=O)N[C@@H](CCC(=O)O)C(=O)N[C@@H](CCCN=C(N)N)C(=O)N[C@@H](Cc2ccccc2)C(N)=O)ccc1O. The summed E-state index contributed by atoms with van der Waals surface area (Å²) in [6.45, 7) is 0.0793. The fourth-order valence-electron chi connectivity index (χ4n) is 5.34. The predicted octanol–water partition coefficient (Wildman–Crippen LogP) is -0.452. The summed E-state index contributed by atoms with van der Waals surface area (Å²) >= 11 is 0. The van der Waals surface area contributed by atoms with Gasteiger partial charge in [-0.3, -0.25) is 33.8 Å². The molecule has 4 atom stereocenters. The summed E-state index contributed by atoms with van der Waals surface area (Å²) in [6.07, 6.45) is -0.915. The number of aliphatic imine (C=N–C) groups is 1. The number of benzene rings is 3. The fraction of sp³-hybridized carbons (Fsp3) is 0.324. The van der Waals surface area contributed by atoms with Crippen molar-refractivity contribution in [2.75, 3.05) is 13.7 Å². The number of nitrogens with one attached hydrogen (secondary N) is 4. The molecule has 3 aromatic carbocycles. The lowest BCUT2D eigenvalue weighted by atomic mass is 10.0. The molecule has 0 bridgehead atoms. The third-order valence-corrected chi connectivity index (χ3v) is 8.24. The number of hydrogen-bond donors (Lipinski definition) is 10. The van der Waals surface area contributed by atoms with Crippen LogP contribution in [0, 0.1) is 0 Å². The monoisotopic (exact) mass is 762 g/mol. The normalized spacial score (nSPS) is 12.8. The van der Waals surface area contributed by atoms with Crippen molar-refractivity contribution in [3.8, 4) is 17.2 Å². The minimum absolute atomic E-state index is 0.00306. The summed E-state index contributed by atoms with van der Waals surface area (Å²) in [4.78, 5) is 82.4. The largest absolute Gasteiger partial charge is 0.508 e. The van der Waals surface area contributed by atoms with Gasteiger partial charge in [-0.15, -0.1) is 0 Å². The summed E-state index contributed by atoms with van der Waals surface area (Å²) in [7, 11) is 1.29. The molecule has 0 aliphatic carbocycles. The molecule has 5 amide bonds. The number of primary amides is 1. The van der Waals surface area contributed by atoms with E-state index in [1.807, 2.05) is 0 Å². The Balaban J connectivity index is 1.88. The average molecular weight is 763 g/mol. The number of nitrogens with zero attached hydrogens (tertiary/aromatic N) is 1. The third-order valence-electron chi connectivity index (χ3n) is 8.24. The number of guanidine groups is 1. The number of rotatable bonds is 21. The van der Waals surface area contributed by atoms with Crippen LogP contribution in [0.25, 0.3) is 0 Å². The van der Waals surface area contributed by atoms with Crippen molar-refractivity contribution >= 4 is 41.5 Å². The van der Waals surface area contributed by atoms with Crippen molar-refractivity contribution in [2.45, 2.75) is 62.7 Å². The van der Waals surface area contributed by atoms with Crippen LogP contribution in [-0.2, 0) is 36.8 Å². The molecule has 3 rings (SSSR count). The number of methoxy groups -OCH3 is 1. The van der Waals surface area contributed by atoms with E-state index in [9.17, 15) is 44.1 Å². The minimum Gasteiger partial charge on any atom is -0.508 e. The molecular formula is C37H46N8O10. The Hall–Kier alpha value is -6.85. The van der Waals surface area contributed by atoms with Crippen molar-refractivity contribution < 1.29 is 48.8 Å². The molecule has 0 fully saturated rings. The zero-order valence-electron chi connectivity index (χ0n) is 30.1. The van der Waals surface area contributed by atoms with Gasteiger partial charge in [-0.2, -0.15) is 0 Å². The van der Waals surface area contributed by atoms with Gasteiger partial charge < -0.3 is 58.5 Å². The molecule has 18 nitrogen and oxygen atoms in total. The number of hydrogen-bond acceptors (Lipinski definition) is 10. The van der Waals surface area contributed by atoms with Crippen LogP contribution in [0.15, 0.2) is 77.8 Å². The van der Waals surface area contributed by atoms with E-state index < -0.39 is 72.5 Å². The zero-order valence-corrected chi connectivity index (χ0v) is 30.1. The van der Waals surface area contributed by atoms with Gasteiger partial charge in [-0.1, -0.05) is 42.5 Å². The Morgan fingerprint density at radius 1 is 0.709 bits per heavy atom. The highest BCUT2D eigenvalue weighted by Gasteiger charge is 2.32. The summed E-state index contributed by atoms with van der Waals surface area (Å²) < 4.78 is 5.08. The summed E-state index contributed by atoms with van der Waals surface area (Å²) in [5.74, 6) is -5.95. The zero-order chi connectivity index (χ0) is 40.5. The second kappa shape index (κ2) is 21.0. The molecule has 294 valence electrons. The average Bonchev–Trinajstić information content (AvgIpc) is 3.14. The fourth-order valence-corrected chi connectivity index (χ4v) is 5.34. The van der Waals surface area contributed by atoms with Gasteiger partial charge in [-0.05, 0) is 60.7 Å². The number of phenolic OH excluding ortho intramolecular Hbond substituents is 2. The Labute approximate surface area is 316 Å². The van der Waals surface area contributed by atoms with E-state index in [-0.39, 0.29) is 61.0 Å². The van der Waals surface area contributed by atoms with E-state index in [1.165, 1.54) is 49.6 Å². The lowest BCUT2D eigenvalue weighted by molar-refractivity contribution is -0.138. The highest BCUT2D eigenvalue weighted by Crippen LogP contribution is 2.26. The molecule has 0 aliphatic rings. The molecule has 0 saturated heterocycles. The second-order valence-electron chi connectivity index (χ2n) is 12.4. The van der Waals surface area contributed by atoms with Crippen LogP contribution >= 0.6 is 0 Å². The maximum absolute atomic E-state index is 13.9. The lowest BCUT2D eigenvalue weighted by Crippen LogP contribution is -2.58. The van der Waals surface area contributed by atoms with Crippen molar-refractivity contribution in [1.29, 1.82) is 0 Å². The van der Waals surface area contributed by atoms with E-state index in [1.54, 1.807) is 30.3 Å². The van der Waals surface area contributed by atoms with Crippen LogP contribution in [0.4, 0.5) is 0 Å². The first-order valence-electron chi connectivity index (χ1n) is 17.1. The number of aliphatic carboxylic acids is 1. The third kappa shape index (κ3) is 14.2. The number of amides is 5. The van der Waals surface area contributed by atoms with Gasteiger partial charge >= 0.3 is 5.97 Å². The molecule has 0 heterocycles. The first-order valence-corrected chi connectivity index (χ1v) is 17.1. The van der Waals surface area contributed by atoms with E-state index in [0.29, 0.717) is 11.1 Å². The van der Waals surface area contributed by atoms with Crippen molar-refractivity contribution in [2.24, 2.45) is 22.2 Å². The van der Waals surface area contributed by atoms with Crippen LogP contribution in [0.3, 0.4) is 0 Å². The van der Waals surface area contributed by atoms with Crippen LogP contribution in [0.1, 0.15) is 47.2 Å². The van der Waals surface area contributed by atoms with Crippen LogP contribution in [0.5, 0.6) is 17.2 Å². The summed E-state index contributed by atoms with van der Waals surface area (Å²) in [6, 6.07) is 13.0. The number of phenols is 2. The van der Waals surface area contributed by atoms with Crippen LogP contribution in [-0.4, -0.2) is 94.6 Å². The maximum atomic E-state index is 13.9. The van der Waals surface area contributed by atoms with Crippen LogP contribution in [0.2, 0.25) is 0 Å². The number of nitrogens with two attached hydrogens (primary N) is 3. The van der Waals surface area contributed by atoms with Crippen molar-refractivity contribution in [1.82, 2.24) is 21.3 Å². The molecule has 13 N–H and O–H groups in total. The lowest BCUT2D eigenvalue weighted by Gasteiger charge is -2.26. The van der Waals surface area contributed by atoms with Gasteiger partial charge in [0, 0.05) is 31.4 Å². The topological polar surface area (TPSA) is 311 Å². The Morgan fingerprint density at radius 3 is 1.85 bits per heavy atom. The molecule has 0 aliphatic heterocycles. The highest BCUT2D eigenvalue weighted by atomic mass is 16.5. The molecule has 55 heavy (non-hydrogen) atoms. The quantitative estimate of drug-likeness (QED) is 0.0375. The highest BCUT2D eigenvalue weighted by molar-refractivity contribution is 5.99. The number of carbonyl (C=O) groups excluding carboxylic acids is 5. The first kappa shape index (κ1) is 42.6. The maximum Gasteiger partial charge on any atom is 0.303 e. The molecule has 0 saturated carbocycles. The smallest absolute Gasteiger partial charge is 0.303 e. The molecule has 0 spiro atoms. The minimum atomic E-state index is -1.53. The van der Waals surface area contributed by atoms with Crippen molar-refractivity contribution in [3.63, 3.8) is 0 Å². The number of carbonyl (C=O) groups is 6. The second-order valence-corrected chi connectivity index (χ2v) is 12.4. The molecule has 0 radical (unpaired) electrons. The summed E-state index contributed by atoms with van der Waals surface area (Å²) in [5, 5.41) is 39.4. The number of carboxylic acids is 1.